The number of fused-ring (bicyclic) bond motifs is 1. The zero-order chi connectivity index (χ0) is 20.5. The van der Waals surface area contributed by atoms with Gasteiger partial charge in [0.15, 0.2) is 5.16 Å². The first-order valence-electron chi connectivity index (χ1n) is 9.25. The van der Waals surface area contributed by atoms with Crippen LogP contribution < -0.4 is 5.56 Å². The Morgan fingerprint density at radius 2 is 2.00 bits per heavy atom. The van der Waals surface area contributed by atoms with Crippen molar-refractivity contribution in [3.05, 3.63) is 88.0 Å². The molecule has 5 rings (SSSR count). The highest BCUT2D eigenvalue weighted by atomic mass is 32.2. The van der Waals surface area contributed by atoms with E-state index in [1.165, 1.54) is 11.8 Å². The molecule has 148 valence electrons. The Morgan fingerprint density at radius 3 is 2.80 bits per heavy atom. The molecular formula is C22H16N4O2S2. The van der Waals surface area contributed by atoms with E-state index >= 15 is 0 Å². The van der Waals surface area contributed by atoms with Gasteiger partial charge in [0, 0.05) is 11.9 Å². The lowest BCUT2D eigenvalue weighted by Gasteiger charge is -2.12. The molecule has 0 aliphatic rings. The molecule has 0 saturated heterocycles. The fourth-order valence-corrected chi connectivity index (χ4v) is 4.56. The molecule has 0 N–H and O–H groups in total. The fourth-order valence-electron chi connectivity index (χ4n) is 3.03. The number of thioether (sulfide) groups is 1. The third kappa shape index (κ3) is 3.55. The van der Waals surface area contributed by atoms with E-state index in [0.717, 1.165) is 16.1 Å². The first-order valence-corrected chi connectivity index (χ1v) is 11.1. The van der Waals surface area contributed by atoms with Gasteiger partial charge in [0.2, 0.25) is 5.89 Å². The van der Waals surface area contributed by atoms with E-state index in [0.29, 0.717) is 33.5 Å². The van der Waals surface area contributed by atoms with Crippen molar-refractivity contribution in [3.63, 3.8) is 0 Å². The first kappa shape index (κ1) is 18.8. The topological polar surface area (TPSA) is 73.8 Å². The van der Waals surface area contributed by atoms with Crippen molar-refractivity contribution in [2.24, 2.45) is 0 Å². The minimum atomic E-state index is -0.140. The molecule has 0 aliphatic carbocycles. The maximum absolute atomic E-state index is 13.2. The van der Waals surface area contributed by atoms with Gasteiger partial charge in [0.05, 0.1) is 21.5 Å². The molecule has 0 unspecified atom stereocenters. The molecule has 4 heterocycles. The number of thiophene rings is 1. The Bertz CT molecular complexity index is 1370. The summed E-state index contributed by atoms with van der Waals surface area (Å²) >= 11 is 3.01. The second-order valence-electron chi connectivity index (χ2n) is 6.66. The average Bonchev–Trinajstić information content (AvgIpc) is 3.45. The summed E-state index contributed by atoms with van der Waals surface area (Å²) in [5.41, 5.74) is 2.33. The number of benzene rings is 1. The normalized spacial score (nSPS) is 11.2. The number of hydrogen-bond acceptors (Lipinski definition) is 7. The van der Waals surface area contributed by atoms with Crippen LogP contribution in [0.3, 0.4) is 0 Å². The Hall–Kier alpha value is -3.23. The Labute approximate surface area is 180 Å². The van der Waals surface area contributed by atoms with Crippen LogP contribution in [0.2, 0.25) is 0 Å². The summed E-state index contributed by atoms with van der Waals surface area (Å²) in [5.74, 6) is 1.67. The molecule has 0 bridgehead atoms. The van der Waals surface area contributed by atoms with Crippen LogP contribution >= 0.6 is 23.1 Å². The van der Waals surface area contributed by atoms with Gasteiger partial charge in [0.1, 0.15) is 12.1 Å². The zero-order valence-corrected chi connectivity index (χ0v) is 17.6. The van der Waals surface area contributed by atoms with Crippen LogP contribution in [0.25, 0.3) is 27.5 Å². The number of oxazole rings is 1. The molecule has 0 radical (unpaired) electrons. The van der Waals surface area contributed by atoms with Crippen molar-refractivity contribution in [2.75, 3.05) is 0 Å². The van der Waals surface area contributed by atoms with Gasteiger partial charge in [-0.05, 0) is 42.1 Å². The van der Waals surface area contributed by atoms with Crippen molar-refractivity contribution in [2.45, 2.75) is 17.8 Å². The summed E-state index contributed by atoms with van der Waals surface area (Å²) in [6.07, 6.45) is 3.39. The quantitative estimate of drug-likeness (QED) is 0.284. The third-order valence-corrected chi connectivity index (χ3v) is 6.33. The Balaban J connectivity index is 1.53. The lowest BCUT2D eigenvalue weighted by atomic mass is 10.2. The molecule has 0 fully saturated rings. The smallest absolute Gasteiger partial charge is 0.267 e. The highest BCUT2D eigenvalue weighted by Crippen LogP contribution is 2.27. The predicted octanol–water partition coefficient (Wildman–Crippen LogP) is 5.10. The van der Waals surface area contributed by atoms with Crippen LogP contribution in [-0.2, 0) is 5.75 Å². The summed E-state index contributed by atoms with van der Waals surface area (Å²) in [4.78, 5) is 28.0. The van der Waals surface area contributed by atoms with Crippen molar-refractivity contribution in [3.8, 4) is 16.6 Å². The molecule has 0 spiro atoms. The largest absolute Gasteiger partial charge is 0.444 e. The van der Waals surface area contributed by atoms with Crippen LogP contribution in [0.1, 0.15) is 11.3 Å². The van der Waals surface area contributed by atoms with E-state index in [9.17, 15) is 4.79 Å². The summed E-state index contributed by atoms with van der Waals surface area (Å²) in [7, 11) is 0. The maximum Gasteiger partial charge on any atom is 0.267 e. The van der Waals surface area contributed by atoms with E-state index in [1.807, 2.05) is 54.8 Å². The summed E-state index contributed by atoms with van der Waals surface area (Å²) in [6, 6.07) is 15.1. The molecule has 5 aromatic rings. The van der Waals surface area contributed by atoms with Crippen LogP contribution in [0.4, 0.5) is 0 Å². The van der Waals surface area contributed by atoms with E-state index in [1.54, 1.807) is 34.4 Å². The number of aryl methyl sites for hydroxylation is 1. The maximum atomic E-state index is 13.2. The number of rotatable bonds is 5. The number of nitrogens with zero attached hydrogens (tertiary/aromatic N) is 4. The van der Waals surface area contributed by atoms with Gasteiger partial charge in [-0.25, -0.2) is 19.5 Å². The van der Waals surface area contributed by atoms with Crippen LogP contribution in [0, 0.1) is 6.92 Å². The van der Waals surface area contributed by atoms with Crippen LogP contribution in [-0.4, -0.2) is 19.5 Å². The molecule has 0 aliphatic heterocycles. The summed E-state index contributed by atoms with van der Waals surface area (Å²) < 4.78 is 7.17. The van der Waals surface area contributed by atoms with Gasteiger partial charge >= 0.3 is 0 Å². The lowest BCUT2D eigenvalue weighted by Crippen LogP contribution is -2.22. The second-order valence-corrected chi connectivity index (χ2v) is 8.55. The highest BCUT2D eigenvalue weighted by Gasteiger charge is 2.15. The van der Waals surface area contributed by atoms with Gasteiger partial charge in [0.25, 0.3) is 5.56 Å². The molecule has 0 atom stereocenters. The molecule has 8 heteroatoms. The number of pyridine rings is 1. The van der Waals surface area contributed by atoms with Crippen molar-refractivity contribution in [1.29, 1.82) is 0 Å². The predicted molar refractivity (Wildman–Crippen MR) is 119 cm³/mol. The molecule has 4 aromatic heterocycles. The monoisotopic (exact) mass is 432 g/mol. The van der Waals surface area contributed by atoms with Crippen molar-refractivity contribution in [1.82, 2.24) is 19.5 Å². The van der Waals surface area contributed by atoms with Gasteiger partial charge in [-0.3, -0.25) is 4.79 Å². The third-order valence-electron chi connectivity index (χ3n) is 4.50. The Kier molecular flexibility index (Phi) is 4.94. The van der Waals surface area contributed by atoms with Crippen molar-refractivity contribution < 1.29 is 4.42 Å². The molecule has 6 nitrogen and oxygen atoms in total. The minimum Gasteiger partial charge on any atom is -0.444 e. The molecule has 0 saturated carbocycles. The van der Waals surface area contributed by atoms with E-state index in [4.69, 9.17) is 9.40 Å². The van der Waals surface area contributed by atoms with Crippen LogP contribution in [0.5, 0.6) is 0 Å². The van der Waals surface area contributed by atoms with Gasteiger partial charge in [-0.1, -0.05) is 36.0 Å². The van der Waals surface area contributed by atoms with Gasteiger partial charge in [-0.15, -0.1) is 11.3 Å². The molecule has 0 amide bonds. The Morgan fingerprint density at radius 1 is 1.10 bits per heavy atom. The number of para-hydroxylation sites is 1. The molecule has 30 heavy (non-hydrogen) atoms. The van der Waals surface area contributed by atoms with E-state index < -0.39 is 0 Å². The lowest BCUT2D eigenvalue weighted by molar-refractivity contribution is 0.575. The first-order chi connectivity index (χ1) is 14.7. The standard InChI is InChI=1S/C22H16N4O2S2/c1-14-8-9-19(23-11-14)26-21(27)16-5-2-3-6-17(16)25-22(26)30-13-15-12-28-20(24-15)18-7-4-10-29-18/h2-12H,13H2,1H3. The minimum absolute atomic E-state index is 0.140. The zero-order valence-electron chi connectivity index (χ0n) is 16.0. The summed E-state index contributed by atoms with van der Waals surface area (Å²) in [6.45, 7) is 1.96. The SMILES string of the molecule is Cc1ccc(-n2c(SCc3coc(-c4cccs4)n3)nc3ccccc3c2=O)nc1. The number of aromatic nitrogens is 4. The second kappa shape index (κ2) is 7.89. The van der Waals surface area contributed by atoms with Crippen molar-refractivity contribution >= 4 is 34.0 Å². The highest BCUT2D eigenvalue weighted by molar-refractivity contribution is 7.98. The van der Waals surface area contributed by atoms with E-state index in [-0.39, 0.29) is 5.56 Å². The molecular weight excluding hydrogens is 416 g/mol. The fraction of sp³-hybridized carbons (Fsp3) is 0.0909. The van der Waals surface area contributed by atoms with E-state index in [2.05, 4.69) is 9.97 Å². The average molecular weight is 433 g/mol. The number of hydrogen-bond donors (Lipinski definition) is 0. The molecule has 1 aromatic carbocycles. The summed E-state index contributed by atoms with van der Waals surface area (Å²) in [5, 5.41) is 3.11. The van der Waals surface area contributed by atoms with Crippen LogP contribution in [0.15, 0.2) is 80.7 Å². The van der Waals surface area contributed by atoms with Gasteiger partial charge < -0.3 is 4.42 Å². The van der Waals surface area contributed by atoms with Gasteiger partial charge in [-0.2, -0.15) is 0 Å².